The number of fused-ring (bicyclic) bond motifs is 1. The van der Waals surface area contributed by atoms with E-state index in [0.29, 0.717) is 5.82 Å². The molecule has 0 spiro atoms. The molecule has 0 unspecified atom stereocenters. The summed E-state index contributed by atoms with van der Waals surface area (Å²) >= 11 is 0. The van der Waals surface area contributed by atoms with Crippen LogP contribution in [0.2, 0.25) is 0 Å². The van der Waals surface area contributed by atoms with Gasteiger partial charge in [-0.3, -0.25) is 4.72 Å². The fourth-order valence-electron chi connectivity index (χ4n) is 2.32. The summed E-state index contributed by atoms with van der Waals surface area (Å²) in [6.07, 6.45) is 2.32. The van der Waals surface area contributed by atoms with Crippen LogP contribution in [0.15, 0.2) is 36.5 Å². The van der Waals surface area contributed by atoms with Crippen LogP contribution in [0.3, 0.4) is 0 Å². The van der Waals surface area contributed by atoms with E-state index in [0.717, 1.165) is 22.7 Å². The number of anilines is 1. The van der Waals surface area contributed by atoms with Gasteiger partial charge in [-0.05, 0) is 24.6 Å². The maximum atomic E-state index is 11.5. The van der Waals surface area contributed by atoms with Gasteiger partial charge in [0, 0.05) is 5.39 Å². The summed E-state index contributed by atoms with van der Waals surface area (Å²) in [6.45, 7) is 1.94. The molecule has 0 saturated carbocycles. The minimum Gasteiger partial charge on any atom is -0.266 e. The third-order valence-electron chi connectivity index (χ3n) is 3.30. The minimum atomic E-state index is -3.55. The highest BCUT2D eigenvalue weighted by molar-refractivity contribution is 7.92. The summed E-state index contributed by atoms with van der Waals surface area (Å²) in [7, 11) is -3.55. The lowest BCUT2D eigenvalue weighted by Crippen LogP contribution is -2.15. The van der Waals surface area contributed by atoms with E-state index in [1.54, 1.807) is 6.07 Å². The SMILES string of the molecule is Cc1cc(-n2ncc(C#N)c2NS(C)(=O)=O)nc2ccccc12. The van der Waals surface area contributed by atoms with Crippen molar-refractivity contribution in [3.63, 3.8) is 0 Å². The summed E-state index contributed by atoms with van der Waals surface area (Å²) in [5.41, 5.74) is 1.87. The second-order valence-electron chi connectivity index (χ2n) is 5.12. The van der Waals surface area contributed by atoms with E-state index in [2.05, 4.69) is 14.8 Å². The Hall–Kier alpha value is -2.92. The van der Waals surface area contributed by atoms with Crippen molar-refractivity contribution in [1.82, 2.24) is 14.8 Å². The van der Waals surface area contributed by atoms with Crippen molar-refractivity contribution in [3.8, 4) is 11.9 Å². The molecule has 2 aromatic heterocycles. The second kappa shape index (κ2) is 5.37. The van der Waals surface area contributed by atoms with E-state index in [1.807, 2.05) is 37.3 Å². The topological polar surface area (TPSA) is 101 Å². The van der Waals surface area contributed by atoms with Crippen LogP contribution in [-0.2, 0) is 10.0 Å². The summed E-state index contributed by atoms with van der Waals surface area (Å²) in [5, 5.41) is 14.2. The van der Waals surface area contributed by atoms with Gasteiger partial charge in [-0.1, -0.05) is 18.2 Å². The van der Waals surface area contributed by atoms with Crippen LogP contribution in [0.5, 0.6) is 0 Å². The van der Waals surface area contributed by atoms with Crippen LogP contribution in [-0.4, -0.2) is 29.4 Å². The lowest BCUT2D eigenvalue weighted by molar-refractivity contribution is 0.606. The minimum absolute atomic E-state index is 0.0807. The van der Waals surface area contributed by atoms with Crippen molar-refractivity contribution < 1.29 is 8.42 Å². The molecule has 0 fully saturated rings. The van der Waals surface area contributed by atoms with E-state index in [4.69, 9.17) is 5.26 Å². The number of hydrogen-bond donors (Lipinski definition) is 1. The molecule has 7 nitrogen and oxygen atoms in total. The molecular weight excluding hydrogens is 314 g/mol. The molecular formula is C15H13N5O2S. The first-order valence-electron chi connectivity index (χ1n) is 6.72. The summed E-state index contributed by atoms with van der Waals surface area (Å²) < 4.78 is 26.7. The Morgan fingerprint density at radius 3 is 2.74 bits per heavy atom. The highest BCUT2D eigenvalue weighted by Crippen LogP contribution is 2.23. The van der Waals surface area contributed by atoms with Gasteiger partial charge in [-0.25, -0.2) is 13.4 Å². The molecule has 8 heteroatoms. The average molecular weight is 327 g/mol. The molecule has 0 saturated heterocycles. The summed E-state index contributed by atoms with van der Waals surface area (Å²) in [5.74, 6) is 0.519. The standard InChI is InChI=1S/C15H13N5O2S/c1-10-7-14(18-13-6-4-3-5-12(10)13)20-15(19-23(2,21)22)11(8-16)9-17-20/h3-7,9,19H,1-2H3. The lowest BCUT2D eigenvalue weighted by Gasteiger charge is -2.10. The Kier molecular flexibility index (Phi) is 3.50. The number of pyridine rings is 1. The highest BCUT2D eigenvalue weighted by Gasteiger charge is 2.17. The van der Waals surface area contributed by atoms with Gasteiger partial charge >= 0.3 is 0 Å². The first kappa shape index (κ1) is 15.0. The van der Waals surface area contributed by atoms with E-state index in [9.17, 15) is 8.42 Å². The number of para-hydroxylation sites is 1. The zero-order valence-electron chi connectivity index (χ0n) is 12.5. The maximum absolute atomic E-state index is 11.5. The largest absolute Gasteiger partial charge is 0.266 e. The zero-order chi connectivity index (χ0) is 16.6. The lowest BCUT2D eigenvalue weighted by atomic mass is 10.1. The molecule has 0 radical (unpaired) electrons. The fraction of sp³-hybridized carbons (Fsp3) is 0.133. The Labute approximate surface area is 133 Å². The fourth-order valence-corrected chi connectivity index (χ4v) is 2.87. The molecule has 0 amide bonds. The van der Waals surface area contributed by atoms with Crippen LogP contribution in [0, 0.1) is 18.3 Å². The van der Waals surface area contributed by atoms with Crippen LogP contribution in [0.1, 0.15) is 11.1 Å². The average Bonchev–Trinajstić information content (AvgIpc) is 2.88. The molecule has 0 aliphatic heterocycles. The van der Waals surface area contributed by atoms with Gasteiger partial charge in [0.2, 0.25) is 10.0 Å². The summed E-state index contributed by atoms with van der Waals surface area (Å²) in [4.78, 5) is 4.50. The van der Waals surface area contributed by atoms with E-state index < -0.39 is 10.0 Å². The van der Waals surface area contributed by atoms with Gasteiger partial charge in [-0.2, -0.15) is 15.0 Å². The van der Waals surface area contributed by atoms with E-state index in [-0.39, 0.29) is 11.4 Å². The molecule has 2 heterocycles. The molecule has 3 rings (SSSR count). The molecule has 0 bridgehead atoms. The van der Waals surface area contributed by atoms with E-state index in [1.165, 1.54) is 10.9 Å². The molecule has 0 atom stereocenters. The number of sulfonamides is 1. The van der Waals surface area contributed by atoms with Crippen molar-refractivity contribution in [3.05, 3.63) is 47.7 Å². The monoisotopic (exact) mass is 327 g/mol. The molecule has 0 aliphatic carbocycles. The first-order chi connectivity index (χ1) is 10.9. The van der Waals surface area contributed by atoms with Crippen LogP contribution in [0.4, 0.5) is 5.82 Å². The van der Waals surface area contributed by atoms with Gasteiger partial charge < -0.3 is 0 Å². The molecule has 23 heavy (non-hydrogen) atoms. The highest BCUT2D eigenvalue weighted by atomic mass is 32.2. The number of benzene rings is 1. The number of nitriles is 1. The Balaban J connectivity index is 2.23. The van der Waals surface area contributed by atoms with Gasteiger partial charge in [0.05, 0.1) is 18.0 Å². The number of nitrogens with zero attached hydrogens (tertiary/aromatic N) is 4. The quantitative estimate of drug-likeness (QED) is 0.792. The molecule has 116 valence electrons. The number of aryl methyl sites for hydroxylation is 1. The van der Waals surface area contributed by atoms with Crippen LogP contribution >= 0.6 is 0 Å². The van der Waals surface area contributed by atoms with Crippen molar-refractivity contribution in [1.29, 1.82) is 5.26 Å². The predicted octanol–water partition coefficient (Wildman–Crippen LogP) is 1.97. The van der Waals surface area contributed by atoms with Gasteiger partial charge in [0.15, 0.2) is 11.6 Å². The van der Waals surface area contributed by atoms with Crippen LogP contribution in [0.25, 0.3) is 16.7 Å². The molecule has 1 aromatic carbocycles. The van der Waals surface area contributed by atoms with Gasteiger partial charge in [-0.15, -0.1) is 0 Å². The smallest absolute Gasteiger partial charge is 0.231 e. The van der Waals surface area contributed by atoms with Gasteiger partial charge in [0.25, 0.3) is 0 Å². The number of nitrogens with one attached hydrogen (secondary N) is 1. The van der Waals surface area contributed by atoms with Crippen molar-refractivity contribution in [2.75, 3.05) is 11.0 Å². The molecule has 0 aliphatic rings. The zero-order valence-corrected chi connectivity index (χ0v) is 13.3. The van der Waals surface area contributed by atoms with Crippen LogP contribution < -0.4 is 4.72 Å². The Bertz CT molecular complexity index is 1050. The Morgan fingerprint density at radius 2 is 2.04 bits per heavy atom. The molecule has 3 aromatic rings. The number of rotatable bonds is 3. The second-order valence-corrected chi connectivity index (χ2v) is 6.87. The Morgan fingerprint density at radius 1 is 1.30 bits per heavy atom. The predicted molar refractivity (Wildman–Crippen MR) is 86.8 cm³/mol. The number of hydrogen-bond acceptors (Lipinski definition) is 5. The van der Waals surface area contributed by atoms with Gasteiger partial charge in [0.1, 0.15) is 11.6 Å². The van der Waals surface area contributed by atoms with E-state index >= 15 is 0 Å². The third-order valence-corrected chi connectivity index (χ3v) is 3.86. The molecule has 1 N–H and O–H groups in total. The normalized spacial score (nSPS) is 11.3. The van der Waals surface area contributed by atoms with Crippen molar-refractivity contribution in [2.45, 2.75) is 6.92 Å². The maximum Gasteiger partial charge on any atom is 0.231 e. The first-order valence-corrected chi connectivity index (χ1v) is 8.61. The summed E-state index contributed by atoms with van der Waals surface area (Å²) in [6, 6.07) is 11.3. The third kappa shape index (κ3) is 2.86. The van der Waals surface area contributed by atoms with Crippen molar-refractivity contribution >= 4 is 26.7 Å². The number of aromatic nitrogens is 3. The van der Waals surface area contributed by atoms with Crippen molar-refractivity contribution in [2.24, 2.45) is 0 Å².